The van der Waals surface area contributed by atoms with Gasteiger partial charge in [-0.2, -0.15) is 0 Å². The van der Waals surface area contributed by atoms with E-state index in [1.54, 1.807) is 38.5 Å². The topological polar surface area (TPSA) is 78.3 Å². The number of amides is 1. The summed E-state index contributed by atoms with van der Waals surface area (Å²) in [6.45, 7) is 4.42. The molecule has 162 valence electrons. The lowest BCUT2D eigenvalue weighted by atomic mass is 10.1. The van der Waals surface area contributed by atoms with Gasteiger partial charge in [-0.05, 0) is 24.1 Å². The molecule has 8 heteroatoms. The highest BCUT2D eigenvalue weighted by Gasteiger charge is 2.15. The summed E-state index contributed by atoms with van der Waals surface area (Å²) < 4.78 is 12.5. The maximum Gasteiger partial charge on any atom is 0.234 e. The van der Waals surface area contributed by atoms with Gasteiger partial charge in [-0.3, -0.25) is 4.79 Å². The predicted octanol–water partition coefficient (Wildman–Crippen LogP) is 4.00. The van der Waals surface area contributed by atoms with Crippen LogP contribution in [0.3, 0.4) is 0 Å². The highest BCUT2D eigenvalue weighted by atomic mass is 32.2. The molecule has 0 aliphatic rings. The van der Waals surface area contributed by atoms with Crippen LogP contribution in [0.5, 0.6) is 11.5 Å². The van der Waals surface area contributed by atoms with Gasteiger partial charge in [0.25, 0.3) is 0 Å². The lowest BCUT2D eigenvalue weighted by Crippen LogP contribution is -2.15. The zero-order valence-corrected chi connectivity index (χ0v) is 18.5. The third kappa shape index (κ3) is 6.11. The molecule has 3 rings (SSSR count). The molecule has 0 saturated carbocycles. The van der Waals surface area contributed by atoms with Crippen LogP contribution in [0.15, 0.2) is 66.3 Å². The largest absolute Gasteiger partial charge is 0.497 e. The van der Waals surface area contributed by atoms with Crippen LogP contribution in [-0.2, 0) is 24.2 Å². The monoisotopic (exact) mass is 438 g/mol. The Morgan fingerprint density at radius 1 is 1.13 bits per heavy atom. The number of thioether (sulfide) groups is 1. The third-order valence-corrected chi connectivity index (χ3v) is 5.57. The second-order valence-electron chi connectivity index (χ2n) is 6.69. The van der Waals surface area contributed by atoms with Gasteiger partial charge in [-0.1, -0.05) is 48.2 Å². The van der Waals surface area contributed by atoms with Gasteiger partial charge in [-0.25, -0.2) is 0 Å². The molecule has 0 unspecified atom stereocenters. The Balaban J connectivity index is 1.63. The number of hydrogen-bond donors (Lipinski definition) is 1. The molecule has 1 aromatic heterocycles. The van der Waals surface area contributed by atoms with E-state index in [9.17, 15) is 4.79 Å². The van der Waals surface area contributed by atoms with E-state index < -0.39 is 0 Å². The van der Waals surface area contributed by atoms with Crippen LogP contribution < -0.4 is 14.8 Å². The number of nitrogens with one attached hydrogen (secondary N) is 1. The number of carbonyl (C=O) groups excluding carboxylic acids is 1. The van der Waals surface area contributed by atoms with Gasteiger partial charge in [0.15, 0.2) is 5.16 Å². The quantitative estimate of drug-likeness (QED) is 0.360. The van der Waals surface area contributed by atoms with Gasteiger partial charge in [0.05, 0.1) is 25.7 Å². The lowest BCUT2D eigenvalue weighted by Gasteiger charge is -2.12. The number of allylic oxidation sites excluding steroid dienone is 1. The van der Waals surface area contributed by atoms with E-state index >= 15 is 0 Å². The summed E-state index contributed by atoms with van der Waals surface area (Å²) in [5.74, 6) is 2.10. The Bertz CT molecular complexity index is 1020. The van der Waals surface area contributed by atoms with Crippen molar-refractivity contribution in [2.24, 2.45) is 0 Å². The Labute approximate surface area is 186 Å². The number of hydrogen-bond acceptors (Lipinski definition) is 6. The average molecular weight is 439 g/mol. The van der Waals surface area contributed by atoms with E-state index in [4.69, 9.17) is 9.47 Å². The second-order valence-corrected chi connectivity index (χ2v) is 7.63. The molecule has 0 saturated heterocycles. The number of aryl methyl sites for hydroxylation is 2. The summed E-state index contributed by atoms with van der Waals surface area (Å²) in [7, 11) is 3.13. The molecule has 1 amide bonds. The number of benzene rings is 2. The van der Waals surface area contributed by atoms with Crippen molar-refractivity contribution in [1.29, 1.82) is 0 Å². The van der Waals surface area contributed by atoms with Gasteiger partial charge < -0.3 is 19.4 Å². The standard InChI is InChI=1S/C23H26N4O3S/c1-4-14-27-21(13-10-17-8-6-5-7-9-17)25-26-23(27)31-16-22(28)24-19-15-18(29-2)11-12-20(19)30-3/h4-9,11-12,15H,1,10,13-14,16H2,2-3H3,(H,24,28). The normalized spacial score (nSPS) is 10.5. The molecule has 2 aromatic carbocycles. The zero-order valence-electron chi connectivity index (χ0n) is 17.7. The van der Waals surface area contributed by atoms with Crippen LogP contribution in [0.25, 0.3) is 0 Å². The minimum absolute atomic E-state index is 0.171. The van der Waals surface area contributed by atoms with Gasteiger partial charge in [-0.15, -0.1) is 16.8 Å². The summed E-state index contributed by atoms with van der Waals surface area (Å²) in [5.41, 5.74) is 1.81. The number of ether oxygens (including phenoxy) is 2. The maximum atomic E-state index is 12.5. The fourth-order valence-corrected chi connectivity index (χ4v) is 3.82. The van der Waals surface area contributed by atoms with Gasteiger partial charge in [0.1, 0.15) is 17.3 Å². The zero-order chi connectivity index (χ0) is 22.1. The Hall–Kier alpha value is -3.26. The van der Waals surface area contributed by atoms with E-state index in [1.165, 1.54) is 17.3 Å². The van der Waals surface area contributed by atoms with E-state index in [2.05, 4.69) is 34.2 Å². The molecule has 0 atom stereocenters. The van der Waals surface area contributed by atoms with Crippen LogP contribution in [-0.4, -0.2) is 40.6 Å². The number of nitrogens with zero attached hydrogens (tertiary/aromatic N) is 3. The van der Waals surface area contributed by atoms with Gasteiger partial charge >= 0.3 is 0 Å². The van der Waals surface area contributed by atoms with Crippen molar-refractivity contribution in [3.8, 4) is 11.5 Å². The first-order valence-corrected chi connectivity index (χ1v) is 10.8. The van der Waals surface area contributed by atoms with Crippen LogP contribution in [0.4, 0.5) is 5.69 Å². The lowest BCUT2D eigenvalue weighted by molar-refractivity contribution is -0.113. The van der Waals surface area contributed by atoms with Crippen LogP contribution in [0.1, 0.15) is 11.4 Å². The van der Waals surface area contributed by atoms with E-state index in [0.29, 0.717) is 28.9 Å². The molecule has 0 fully saturated rings. The molecule has 1 N–H and O–H groups in total. The molecule has 0 radical (unpaired) electrons. The van der Waals surface area contributed by atoms with Crippen LogP contribution >= 0.6 is 11.8 Å². The molecule has 31 heavy (non-hydrogen) atoms. The predicted molar refractivity (Wildman–Crippen MR) is 123 cm³/mol. The summed E-state index contributed by atoms with van der Waals surface area (Å²) >= 11 is 1.34. The minimum atomic E-state index is -0.171. The molecular formula is C23H26N4O3S. The fraction of sp³-hybridized carbons (Fsp3) is 0.261. The summed E-state index contributed by atoms with van der Waals surface area (Å²) in [6.07, 6.45) is 3.44. The average Bonchev–Trinajstić information content (AvgIpc) is 3.18. The molecule has 0 aliphatic carbocycles. The molecule has 0 bridgehead atoms. The summed E-state index contributed by atoms with van der Waals surface area (Å²) in [6, 6.07) is 15.5. The summed E-state index contributed by atoms with van der Waals surface area (Å²) in [4.78, 5) is 12.5. The highest BCUT2D eigenvalue weighted by molar-refractivity contribution is 7.99. The smallest absolute Gasteiger partial charge is 0.234 e. The minimum Gasteiger partial charge on any atom is -0.497 e. The van der Waals surface area contributed by atoms with Crippen LogP contribution in [0.2, 0.25) is 0 Å². The Morgan fingerprint density at radius 3 is 2.65 bits per heavy atom. The first-order valence-electron chi connectivity index (χ1n) is 9.86. The first kappa shape index (κ1) is 22.4. The number of carbonyl (C=O) groups is 1. The van der Waals surface area contributed by atoms with Crippen LogP contribution in [0, 0.1) is 0 Å². The first-order chi connectivity index (χ1) is 15.1. The number of rotatable bonds is 11. The summed E-state index contributed by atoms with van der Waals surface area (Å²) in [5, 5.41) is 12.2. The van der Waals surface area contributed by atoms with Gasteiger partial charge in [0, 0.05) is 19.0 Å². The maximum absolute atomic E-state index is 12.5. The Morgan fingerprint density at radius 2 is 1.94 bits per heavy atom. The van der Waals surface area contributed by atoms with E-state index in [-0.39, 0.29) is 11.7 Å². The third-order valence-electron chi connectivity index (χ3n) is 4.60. The highest BCUT2D eigenvalue weighted by Crippen LogP contribution is 2.29. The van der Waals surface area contributed by atoms with Crippen molar-refractivity contribution >= 4 is 23.4 Å². The number of anilines is 1. The van der Waals surface area contributed by atoms with Gasteiger partial charge in [0.2, 0.25) is 5.91 Å². The Kier molecular flexibility index (Phi) is 8.12. The molecule has 3 aromatic rings. The SMILES string of the molecule is C=CCn1c(CCc2ccccc2)nnc1SCC(=O)Nc1cc(OC)ccc1OC. The van der Waals surface area contributed by atoms with Crippen molar-refractivity contribution in [3.05, 3.63) is 72.6 Å². The second kappa shape index (κ2) is 11.2. The number of methoxy groups -OCH3 is 2. The molecule has 0 aliphatic heterocycles. The molecule has 0 spiro atoms. The number of aromatic nitrogens is 3. The fourth-order valence-electron chi connectivity index (χ4n) is 3.05. The van der Waals surface area contributed by atoms with E-state index in [1.807, 2.05) is 22.8 Å². The van der Waals surface area contributed by atoms with Crippen molar-refractivity contribution in [1.82, 2.24) is 14.8 Å². The van der Waals surface area contributed by atoms with E-state index in [0.717, 1.165) is 18.7 Å². The van der Waals surface area contributed by atoms with Crippen molar-refractivity contribution < 1.29 is 14.3 Å². The molecular weight excluding hydrogens is 412 g/mol. The van der Waals surface area contributed by atoms with Crippen molar-refractivity contribution in [3.63, 3.8) is 0 Å². The molecule has 1 heterocycles. The van der Waals surface area contributed by atoms with Crippen molar-refractivity contribution in [2.75, 3.05) is 25.3 Å². The molecule has 7 nitrogen and oxygen atoms in total. The van der Waals surface area contributed by atoms with Crippen molar-refractivity contribution in [2.45, 2.75) is 24.5 Å².